The average Bonchev–Trinajstić information content (AvgIpc) is 2.48. The highest BCUT2D eigenvalue weighted by Gasteiger charge is 2.41. The van der Waals surface area contributed by atoms with E-state index in [1.165, 1.54) is 12.1 Å². The summed E-state index contributed by atoms with van der Waals surface area (Å²) in [7, 11) is -1.78. The summed E-state index contributed by atoms with van der Waals surface area (Å²) in [6.07, 6.45) is 0. The van der Waals surface area contributed by atoms with Crippen molar-refractivity contribution in [3.63, 3.8) is 0 Å². The van der Waals surface area contributed by atoms with Crippen LogP contribution in [0.4, 0.5) is 4.32 Å². The molecule has 1 heterocycles. The molecule has 1 aliphatic heterocycles. The van der Waals surface area contributed by atoms with Crippen LogP contribution in [0.2, 0.25) is 0 Å². The summed E-state index contributed by atoms with van der Waals surface area (Å²) in [6.45, 7) is 1.75. The number of carbonyl (C=O) groups is 2. The van der Waals surface area contributed by atoms with Crippen molar-refractivity contribution in [3.8, 4) is 0 Å². The van der Waals surface area contributed by atoms with Crippen molar-refractivity contribution in [3.05, 3.63) is 35.4 Å². The van der Waals surface area contributed by atoms with Gasteiger partial charge in [-0.2, -0.15) is 0 Å². The zero-order valence-corrected chi connectivity index (χ0v) is 14.5. The van der Waals surface area contributed by atoms with Crippen molar-refractivity contribution in [2.24, 2.45) is 5.41 Å². The minimum atomic E-state index is -1.78. The summed E-state index contributed by atoms with van der Waals surface area (Å²) < 4.78 is 22.1. The molecule has 0 bridgehead atoms. The van der Waals surface area contributed by atoms with Crippen LogP contribution in [0.25, 0.3) is 0 Å². The van der Waals surface area contributed by atoms with Gasteiger partial charge in [-0.25, -0.2) is 4.79 Å². The second-order valence-corrected chi connectivity index (χ2v) is 5.14. The number of aromatic carboxylic acids is 1. The van der Waals surface area contributed by atoms with Gasteiger partial charge >= 0.3 is 13.4 Å². The van der Waals surface area contributed by atoms with Crippen LogP contribution in [-0.4, -0.2) is 55.0 Å². The maximum absolute atomic E-state index is 12.7. The number of carboxylic acids is 1. The number of halogens is 1. The lowest BCUT2D eigenvalue weighted by molar-refractivity contribution is -0.138. The van der Waals surface area contributed by atoms with Gasteiger partial charge in [0.1, 0.15) is 17.4 Å². The molecule has 0 aliphatic carbocycles. The van der Waals surface area contributed by atoms with E-state index in [9.17, 15) is 13.9 Å². The summed E-state index contributed by atoms with van der Waals surface area (Å²) in [5.74, 6) is -1.31. The van der Waals surface area contributed by atoms with Crippen LogP contribution in [0.15, 0.2) is 24.3 Å². The normalized spacial score (nSPS) is 16.5. The standard InChI is InChI=1S/C13H15BFNO5.Al.2H/c1-13(7-20-14(15)21-8-13)12(19)16-6-9-2-4-10(5-3-9)11(17)18;;;/h2-5H,6-8H2,1H3,(H,16,19)(H,17,18);;;. The molecule has 9 heteroatoms. The van der Waals surface area contributed by atoms with Gasteiger partial charge in [0, 0.05) is 6.54 Å². The monoisotopic (exact) mass is 324 g/mol. The summed E-state index contributed by atoms with van der Waals surface area (Å²) >= 11 is 0. The minimum Gasteiger partial charge on any atom is -0.478 e. The molecule has 1 aliphatic rings. The van der Waals surface area contributed by atoms with E-state index in [0.717, 1.165) is 5.56 Å². The Balaban J connectivity index is 0.00000242. The van der Waals surface area contributed by atoms with E-state index in [-0.39, 0.29) is 48.6 Å². The van der Waals surface area contributed by atoms with E-state index in [1.807, 2.05) is 0 Å². The molecule has 1 fully saturated rings. The largest absolute Gasteiger partial charge is 0.680 e. The van der Waals surface area contributed by atoms with E-state index in [0.29, 0.717) is 0 Å². The first-order valence-corrected chi connectivity index (χ1v) is 6.38. The van der Waals surface area contributed by atoms with Crippen molar-refractivity contribution >= 4 is 36.6 Å². The number of hydrogen-bond acceptors (Lipinski definition) is 4. The Morgan fingerprint density at radius 2 is 1.86 bits per heavy atom. The van der Waals surface area contributed by atoms with Gasteiger partial charge in [0.15, 0.2) is 0 Å². The van der Waals surface area contributed by atoms with Crippen molar-refractivity contribution in [2.45, 2.75) is 13.5 Å². The quantitative estimate of drug-likeness (QED) is 0.767. The lowest BCUT2D eigenvalue weighted by Crippen LogP contribution is -2.50. The lowest BCUT2D eigenvalue weighted by Gasteiger charge is -2.32. The number of carboxylic acid groups (broad SMARTS) is 1. The molecule has 0 atom stereocenters. The molecular weight excluding hydrogens is 307 g/mol. The Morgan fingerprint density at radius 1 is 1.32 bits per heavy atom. The highest BCUT2D eigenvalue weighted by molar-refractivity contribution is 6.35. The maximum atomic E-state index is 12.7. The van der Waals surface area contributed by atoms with Gasteiger partial charge in [-0.1, -0.05) is 12.1 Å². The molecule has 0 unspecified atom stereocenters. The fraction of sp³-hybridized carbons (Fsp3) is 0.385. The summed E-state index contributed by atoms with van der Waals surface area (Å²) in [5, 5.41) is 11.5. The van der Waals surface area contributed by atoms with Crippen LogP contribution < -0.4 is 5.32 Å². The molecule has 0 spiro atoms. The van der Waals surface area contributed by atoms with E-state index < -0.39 is 18.8 Å². The zero-order valence-electron chi connectivity index (χ0n) is 12.5. The molecule has 1 aromatic rings. The van der Waals surface area contributed by atoms with Crippen molar-refractivity contribution in [2.75, 3.05) is 13.2 Å². The first kappa shape index (κ1) is 18.7. The van der Waals surface area contributed by atoms with Crippen molar-refractivity contribution < 1.29 is 28.3 Å². The molecule has 1 amide bonds. The van der Waals surface area contributed by atoms with Crippen LogP contribution in [0.3, 0.4) is 0 Å². The van der Waals surface area contributed by atoms with Gasteiger partial charge in [-0.3, -0.25) is 9.11 Å². The van der Waals surface area contributed by atoms with Crippen molar-refractivity contribution in [1.29, 1.82) is 0 Å². The zero-order chi connectivity index (χ0) is 15.5. The molecular formula is C13H17AlBFNO5. The average molecular weight is 324 g/mol. The molecule has 22 heavy (non-hydrogen) atoms. The summed E-state index contributed by atoms with van der Waals surface area (Å²) in [6, 6.07) is 6.17. The summed E-state index contributed by atoms with van der Waals surface area (Å²) in [5.41, 5.74) is 0.00178. The van der Waals surface area contributed by atoms with E-state index in [2.05, 4.69) is 5.32 Å². The Bertz CT molecular complexity index is 534. The second kappa shape index (κ2) is 7.74. The third-order valence-electron chi connectivity index (χ3n) is 3.27. The number of nitrogens with one attached hydrogen (secondary N) is 1. The van der Waals surface area contributed by atoms with Gasteiger partial charge in [-0.05, 0) is 24.6 Å². The Kier molecular flexibility index (Phi) is 6.57. The number of rotatable bonds is 4. The van der Waals surface area contributed by atoms with E-state index >= 15 is 0 Å². The fourth-order valence-electron chi connectivity index (χ4n) is 1.88. The van der Waals surface area contributed by atoms with Crippen LogP contribution in [0, 0.1) is 5.41 Å². The predicted molar refractivity (Wildman–Crippen MR) is 80.7 cm³/mol. The number of amides is 1. The van der Waals surface area contributed by atoms with Crippen LogP contribution in [-0.2, 0) is 20.6 Å². The third-order valence-corrected chi connectivity index (χ3v) is 3.27. The van der Waals surface area contributed by atoms with Crippen LogP contribution in [0.5, 0.6) is 0 Å². The van der Waals surface area contributed by atoms with Gasteiger partial charge < -0.3 is 19.7 Å². The summed E-state index contributed by atoms with van der Waals surface area (Å²) in [4.78, 5) is 22.8. The van der Waals surface area contributed by atoms with E-state index in [1.54, 1.807) is 19.1 Å². The Labute approximate surface area is 138 Å². The molecule has 0 aromatic heterocycles. The molecule has 117 valence electrons. The highest BCUT2D eigenvalue weighted by atomic mass is 27.0. The molecule has 1 aromatic carbocycles. The van der Waals surface area contributed by atoms with Gasteiger partial charge in [0.2, 0.25) is 5.91 Å². The molecule has 2 rings (SSSR count). The Hall–Kier alpha value is -1.39. The number of carbonyl (C=O) groups excluding carboxylic acids is 1. The van der Waals surface area contributed by atoms with Gasteiger partial charge in [0.25, 0.3) is 0 Å². The molecule has 0 saturated carbocycles. The SMILES string of the molecule is CC1(C(=O)NCc2ccc(C(=O)O)cc2)COB(F)OC1.[AlH2]. The molecule has 2 N–H and O–H groups in total. The second-order valence-electron chi connectivity index (χ2n) is 5.14. The highest BCUT2D eigenvalue weighted by Crippen LogP contribution is 2.23. The van der Waals surface area contributed by atoms with Crippen LogP contribution >= 0.6 is 0 Å². The number of benzene rings is 1. The third kappa shape index (κ3) is 4.55. The smallest absolute Gasteiger partial charge is 0.478 e. The van der Waals surface area contributed by atoms with E-state index in [4.69, 9.17) is 14.4 Å². The molecule has 6 nitrogen and oxygen atoms in total. The predicted octanol–water partition coefficient (Wildman–Crippen LogP) is 0.0923. The van der Waals surface area contributed by atoms with Crippen LogP contribution in [0.1, 0.15) is 22.8 Å². The topological polar surface area (TPSA) is 84.9 Å². The fourth-order valence-corrected chi connectivity index (χ4v) is 1.88. The first-order valence-electron chi connectivity index (χ1n) is 6.38. The maximum Gasteiger partial charge on any atom is 0.680 e. The van der Waals surface area contributed by atoms with Gasteiger partial charge in [-0.15, -0.1) is 0 Å². The first-order chi connectivity index (χ1) is 9.90. The van der Waals surface area contributed by atoms with Crippen molar-refractivity contribution in [1.82, 2.24) is 5.32 Å². The molecule has 1 radical (unpaired) electrons. The number of hydrogen-bond donors (Lipinski definition) is 2. The Morgan fingerprint density at radius 3 is 2.36 bits per heavy atom. The van der Waals surface area contributed by atoms with Gasteiger partial charge in [0.05, 0.1) is 24.2 Å². The minimum absolute atomic E-state index is 0. The lowest BCUT2D eigenvalue weighted by atomic mass is 9.89. The molecule has 1 saturated heterocycles.